The average Bonchev–Trinajstić information content (AvgIpc) is 2.90. The first-order chi connectivity index (χ1) is 8.63. The normalized spacial score (nSPS) is 28.4. The van der Waals surface area contributed by atoms with Gasteiger partial charge in [-0.2, -0.15) is 0 Å². The standard InChI is InChI=1S/C14H21NO3/c1-10-9-15(8-7-12(10)14(17)18-2)13(16)11-5-3-4-6-11/h3-4,10-12H,5-9H2,1-2H3/t10-,12+/m0/s1. The van der Waals surface area contributed by atoms with Crippen LogP contribution in [0.3, 0.4) is 0 Å². The lowest BCUT2D eigenvalue weighted by Crippen LogP contribution is -2.47. The molecule has 0 aromatic heterocycles. The second-order valence-electron chi connectivity index (χ2n) is 5.32. The van der Waals surface area contributed by atoms with E-state index in [1.165, 1.54) is 7.11 Å². The van der Waals surface area contributed by atoms with E-state index in [1.807, 2.05) is 11.8 Å². The Hall–Kier alpha value is -1.32. The Morgan fingerprint density at radius 2 is 1.94 bits per heavy atom. The molecule has 4 nitrogen and oxygen atoms in total. The molecule has 4 heteroatoms. The van der Waals surface area contributed by atoms with Crippen LogP contribution in [0.5, 0.6) is 0 Å². The molecule has 2 atom stereocenters. The smallest absolute Gasteiger partial charge is 0.309 e. The molecule has 0 saturated carbocycles. The summed E-state index contributed by atoms with van der Waals surface area (Å²) >= 11 is 0. The molecule has 0 N–H and O–H groups in total. The number of rotatable bonds is 2. The topological polar surface area (TPSA) is 46.6 Å². The number of carbonyl (C=O) groups excluding carboxylic acids is 2. The van der Waals surface area contributed by atoms with Crippen molar-refractivity contribution in [2.75, 3.05) is 20.2 Å². The monoisotopic (exact) mass is 251 g/mol. The Labute approximate surface area is 108 Å². The molecule has 1 aliphatic carbocycles. The first-order valence-electron chi connectivity index (χ1n) is 6.65. The van der Waals surface area contributed by atoms with Crippen LogP contribution in [0.1, 0.15) is 26.2 Å². The highest BCUT2D eigenvalue weighted by Crippen LogP contribution is 2.28. The van der Waals surface area contributed by atoms with Gasteiger partial charge in [-0.3, -0.25) is 9.59 Å². The second-order valence-corrected chi connectivity index (χ2v) is 5.32. The SMILES string of the molecule is COC(=O)[C@@H]1CCN(C(=O)C2CC=CC2)C[C@@H]1C. The predicted molar refractivity (Wildman–Crippen MR) is 67.7 cm³/mol. The highest BCUT2D eigenvalue weighted by molar-refractivity contribution is 5.80. The van der Waals surface area contributed by atoms with Crippen molar-refractivity contribution in [3.8, 4) is 0 Å². The van der Waals surface area contributed by atoms with Crippen molar-refractivity contribution in [2.24, 2.45) is 17.8 Å². The number of nitrogens with zero attached hydrogens (tertiary/aromatic N) is 1. The quantitative estimate of drug-likeness (QED) is 0.553. The van der Waals surface area contributed by atoms with Gasteiger partial charge in [-0.15, -0.1) is 0 Å². The molecule has 0 spiro atoms. The first kappa shape index (κ1) is 13.1. The van der Waals surface area contributed by atoms with Gasteiger partial charge in [0.15, 0.2) is 0 Å². The summed E-state index contributed by atoms with van der Waals surface area (Å²) in [5.74, 6) is 0.365. The summed E-state index contributed by atoms with van der Waals surface area (Å²) in [7, 11) is 1.43. The van der Waals surface area contributed by atoms with Crippen molar-refractivity contribution in [1.82, 2.24) is 4.90 Å². The van der Waals surface area contributed by atoms with Crippen LogP contribution in [0, 0.1) is 17.8 Å². The molecule has 0 aromatic carbocycles. The van der Waals surface area contributed by atoms with E-state index in [9.17, 15) is 9.59 Å². The van der Waals surface area contributed by atoms with Crippen LogP contribution in [0.2, 0.25) is 0 Å². The molecule has 100 valence electrons. The van der Waals surface area contributed by atoms with Gasteiger partial charge in [0, 0.05) is 19.0 Å². The molecule has 0 aromatic rings. The van der Waals surface area contributed by atoms with E-state index in [2.05, 4.69) is 12.2 Å². The van der Waals surface area contributed by atoms with Gasteiger partial charge in [0.25, 0.3) is 0 Å². The molecule has 1 amide bonds. The predicted octanol–water partition coefficient (Wildman–Crippen LogP) is 1.61. The minimum atomic E-state index is -0.142. The molecule has 18 heavy (non-hydrogen) atoms. The van der Waals surface area contributed by atoms with Gasteiger partial charge >= 0.3 is 5.97 Å². The number of ether oxygens (including phenoxy) is 1. The fraction of sp³-hybridized carbons (Fsp3) is 0.714. The Kier molecular flexibility index (Phi) is 4.04. The minimum Gasteiger partial charge on any atom is -0.469 e. The van der Waals surface area contributed by atoms with Crippen molar-refractivity contribution in [1.29, 1.82) is 0 Å². The van der Waals surface area contributed by atoms with E-state index in [0.717, 1.165) is 19.3 Å². The molecule has 1 saturated heterocycles. The number of esters is 1. The van der Waals surface area contributed by atoms with Crippen molar-refractivity contribution in [2.45, 2.75) is 26.2 Å². The highest BCUT2D eigenvalue weighted by Gasteiger charge is 2.35. The number of hydrogen-bond acceptors (Lipinski definition) is 3. The molecule has 1 heterocycles. The molecule has 0 radical (unpaired) electrons. The number of amides is 1. The number of piperidine rings is 1. The van der Waals surface area contributed by atoms with Gasteiger partial charge in [0.2, 0.25) is 5.91 Å². The van der Waals surface area contributed by atoms with E-state index in [4.69, 9.17) is 4.74 Å². The molecular formula is C14H21NO3. The lowest BCUT2D eigenvalue weighted by Gasteiger charge is -2.36. The van der Waals surface area contributed by atoms with Crippen LogP contribution in [0.15, 0.2) is 12.2 Å². The summed E-state index contributed by atoms with van der Waals surface area (Å²) in [5, 5.41) is 0. The molecule has 2 aliphatic rings. The molecule has 2 rings (SSSR count). The summed E-state index contributed by atoms with van der Waals surface area (Å²) in [5.41, 5.74) is 0. The Bertz CT molecular complexity index is 356. The number of likely N-dealkylation sites (tertiary alicyclic amines) is 1. The number of hydrogen-bond donors (Lipinski definition) is 0. The minimum absolute atomic E-state index is 0.0549. The summed E-state index contributed by atoms with van der Waals surface area (Å²) < 4.78 is 4.80. The Balaban J connectivity index is 1.91. The zero-order valence-corrected chi connectivity index (χ0v) is 11.1. The third-order valence-corrected chi connectivity index (χ3v) is 4.08. The van der Waals surface area contributed by atoms with E-state index in [-0.39, 0.29) is 29.6 Å². The van der Waals surface area contributed by atoms with Crippen LogP contribution in [0.25, 0.3) is 0 Å². The molecule has 0 unspecified atom stereocenters. The largest absolute Gasteiger partial charge is 0.469 e. The van der Waals surface area contributed by atoms with Crippen molar-refractivity contribution in [3.05, 3.63) is 12.2 Å². The zero-order valence-electron chi connectivity index (χ0n) is 11.1. The number of allylic oxidation sites excluding steroid dienone is 2. The van der Waals surface area contributed by atoms with E-state index in [1.54, 1.807) is 0 Å². The second kappa shape index (κ2) is 5.55. The highest BCUT2D eigenvalue weighted by atomic mass is 16.5. The maximum Gasteiger partial charge on any atom is 0.309 e. The van der Waals surface area contributed by atoms with Crippen LogP contribution in [-0.2, 0) is 14.3 Å². The van der Waals surface area contributed by atoms with Crippen molar-refractivity contribution < 1.29 is 14.3 Å². The number of methoxy groups -OCH3 is 1. The number of carbonyl (C=O) groups is 2. The van der Waals surface area contributed by atoms with Gasteiger partial charge in [-0.25, -0.2) is 0 Å². The molecular weight excluding hydrogens is 230 g/mol. The lowest BCUT2D eigenvalue weighted by atomic mass is 9.86. The third kappa shape index (κ3) is 2.57. The fourth-order valence-electron chi connectivity index (χ4n) is 2.92. The molecule has 1 fully saturated rings. The van der Waals surface area contributed by atoms with Gasteiger partial charge in [0.05, 0.1) is 13.0 Å². The Morgan fingerprint density at radius 1 is 1.28 bits per heavy atom. The van der Waals surface area contributed by atoms with Gasteiger partial charge in [-0.05, 0) is 25.2 Å². The van der Waals surface area contributed by atoms with Gasteiger partial charge in [0.1, 0.15) is 0 Å². The van der Waals surface area contributed by atoms with Crippen LogP contribution < -0.4 is 0 Å². The summed E-state index contributed by atoms with van der Waals surface area (Å²) in [4.78, 5) is 25.8. The third-order valence-electron chi connectivity index (χ3n) is 4.08. The molecule has 0 bridgehead atoms. The van der Waals surface area contributed by atoms with E-state index < -0.39 is 0 Å². The van der Waals surface area contributed by atoms with Gasteiger partial charge in [-0.1, -0.05) is 19.1 Å². The van der Waals surface area contributed by atoms with E-state index >= 15 is 0 Å². The van der Waals surface area contributed by atoms with Crippen molar-refractivity contribution >= 4 is 11.9 Å². The van der Waals surface area contributed by atoms with Crippen LogP contribution in [0.4, 0.5) is 0 Å². The van der Waals surface area contributed by atoms with Crippen LogP contribution >= 0.6 is 0 Å². The van der Waals surface area contributed by atoms with Gasteiger partial charge < -0.3 is 9.64 Å². The summed E-state index contributed by atoms with van der Waals surface area (Å²) in [6, 6.07) is 0. The average molecular weight is 251 g/mol. The summed E-state index contributed by atoms with van der Waals surface area (Å²) in [6.45, 7) is 3.38. The van der Waals surface area contributed by atoms with Crippen molar-refractivity contribution in [3.63, 3.8) is 0 Å². The lowest BCUT2D eigenvalue weighted by molar-refractivity contribution is -0.152. The first-order valence-corrected chi connectivity index (χ1v) is 6.65. The Morgan fingerprint density at radius 3 is 2.50 bits per heavy atom. The van der Waals surface area contributed by atoms with Crippen LogP contribution in [-0.4, -0.2) is 37.0 Å². The maximum atomic E-state index is 12.3. The maximum absolute atomic E-state index is 12.3. The van der Waals surface area contributed by atoms with E-state index in [0.29, 0.717) is 13.1 Å². The zero-order chi connectivity index (χ0) is 13.1. The summed E-state index contributed by atoms with van der Waals surface area (Å²) in [6.07, 6.45) is 6.61. The fourth-order valence-corrected chi connectivity index (χ4v) is 2.92. The molecule has 1 aliphatic heterocycles.